The second-order valence-corrected chi connectivity index (χ2v) is 11.8. The molecule has 1 amide bonds. The molecule has 0 saturated heterocycles. The number of amides is 1. The van der Waals surface area contributed by atoms with Gasteiger partial charge in [-0.2, -0.15) is 0 Å². The molecule has 1 N–H and O–H groups in total. The minimum absolute atomic E-state index is 0.206. The Morgan fingerprint density at radius 2 is 1.71 bits per heavy atom. The van der Waals surface area contributed by atoms with Gasteiger partial charge in [0.1, 0.15) is 0 Å². The number of benzene rings is 1. The van der Waals surface area contributed by atoms with Gasteiger partial charge < -0.3 is 5.32 Å². The third-order valence-electron chi connectivity index (χ3n) is 9.61. The maximum absolute atomic E-state index is 13.8. The Morgan fingerprint density at radius 1 is 1.00 bits per heavy atom. The first-order valence-electron chi connectivity index (χ1n) is 12.7. The zero-order chi connectivity index (χ0) is 22.6. The van der Waals surface area contributed by atoms with E-state index in [-0.39, 0.29) is 16.7 Å². The van der Waals surface area contributed by atoms with Crippen LogP contribution in [0, 0.1) is 49.4 Å². The number of rotatable bonds is 3. The predicted octanol–water partition coefficient (Wildman–Crippen LogP) is 7.91. The van der Waals surface area contributed by atoms with Crippen molar-refractivity contribution < 1.29 is 4.79 Å². The lowest BCUT2D eigenvalue weighted by Gasteiger charge is -2.56. The average Bonchev–Trinajstić information content (AvgIpc) is 2.71. The molecule has 3 aliphatic rings. The molecule has 1 fully saturated rings. The van der Waals surface area contributed by atoms with E-state index in [1.165, 1.54) is 55.2 Å². The summed E-state index contributed by atoms with van der Waals surface area (Å²) < 4.78 is 0. The summed E-state index contributed by atoms with van der Waals surface area (Å²) in [4.78, 5) is 13.8. The molecular weight excluding hydrogens is 378 g/mol. The van der Waals surface area contributed by atoms with E-state index in [2.05, 4.69) is 65.9 Å². The summed E-state index contributed by atoms with van der Waals surface area (Å²) >= 11 is 0. The number of carbonyl (C=O) groups excluding carboxylic acids is 1. The lowest BCUT2D eigenvalue weighted by molar-refractivity contribution is -0.135. The maximum atomic E-state index is 13.8. The van der Waals surface area contributed by atoms with Crippen LogP contribution in [-0.2, 0) is 4.79 Å². The molecule has 3 aliphatic carbocycles. The number of carbonyl (C=O) groups is 1. The molecule has 3 unspecified atom stereocenters. The molecule has 1 saturated carbocycles. The Balaban J connectivity index is 1.62. The number of hydrogen-bond acceptors (Lipinski definition) is 1. The van der Waals surface area contributed by atoms with Crippen molar-refractivity contribution in [3.05, 3.63) is 40.0 Å². The van der Waals surface area contributed by atoms with Gasteiger partial charge in [-0.15, -0.1) is 0 Å². The molecule has 4 atom stereocenters. The zero-order valence-corrected chi connectivity index (χ0v) is 21.0. The monoisotopic (exact) mass is 421 g/mol. The highest BCUT2D eigenvalue weighted by atomic mass is 16.2. The molecule has 2 nitrogen and oxygen atoms in total. The highest BCUT2D eigenvalue weighted by Gasteiger charge is 2.56. The van der Waals surface area contributed by atoms with E-state index >= 15 is 0 Å². The van der Waals surface area contributed by atoms with Crippen LogP contribution in [-0.4, -0.2) is 5.91 Å². The number of hydrogen-bond donors (Lipinski definition) is 1. The molecule has 31 heavy (non-hydrogen) atoms. The molecule has 1 aromatic rings. The summed E-state index contributed by atoms with van der Waals surface area (Å²) in [6.45, 7) is 15.9. The lowest BCUT2D eigenvalue weighted by atomic mass is 9.48. The van der Waals surface area contributed by atoms with Crippen LogP contribution in [0.2, 0.25) is 0 Å². The van der Waals surface area contributed by atoms with Gasteiger partial charge >= 0.3 is 0 Å². The van der Waals surface area contributed by atoms with Crippen molar-refractivity contribution in [2.45, 2.75) is 99.8 Å². The standard InChI is InChI=1S/C29H43NO/c1-18(2)22-9-11-24-23(17-22)10-12-26-28(24,6)13-8-14-29(26,7)27(31)30-25-16-20(4)19(3)15-21(25)5/h15-16,18,22,26H,8-14,17H2,1-7H3,(H,30,31)/t22?,26?,28?,29-/m1/s1. The summed E-state index contributed by atoms with van der Waals surface area (Å²) in [5.41, 5.74) is 8.13. The van der Waals surface area contributed by atoms with Crippen molar-refractivity contribution in [1.82, 2.24) is 0 Å². The topological polar surface area (TPSA) is 29.1 Å². The van der Waals surface area contributed by atoms with Crippen molar-refractivity contribution in [2.24, 2.45) is 28.6 Å². The van der Waals surface area contributed by atoms with Gasteiger partial charge in [0.2, 0.25) is 5.91 Å². The number of nitrogens with one attached hydrogen (secondary N) is 1. The van der Waals surface area contributed by atoms with E-state index in [9.17, 15) is 4.79 Å². The fourth-order valence-electron chi connectivity index (χ4n) is 7.38. The Labute approximate surface area is 190 Å². The van der Waals surface area contributed by atoms with Crippen LogP contribution < -0.4 is 5.32 Å². The smallest absolute Gasteiger partial charge is 0.230 e. The number of aryl methyl sites for hydroxylation is 3. The molecule has 0 bridgehead atoms. The number of anilines is 1. The van der Waals surface area contributed by atoms with E-state index in [1.54, 1.807) is 11.1 Å². The molecule has 0 spiro atoms. The normalized spacial score (nSPS) is 33.2. The Bertz CT molecular complexity index is 910. The van der Waals surface area contributed by atoms with Crippen molar-refractivity contribution in [3.8, 4) is 0 Å². The van der Waals surface area contributed by atoms with Crippen LogP contribution in [0.4, 0.5) is 5.69 Å². The van der Waals surface area contributed by atoms with Crippen molar-refractivity contribution in [2.75, 3.05) is 5.32 Å². The van der Waals surface area contributed by atoms with Crippen LogP contribution in [0.3, 0.4) is 0 Å². The van der Waals surface area contributed by atoms with Gasteiger partial charge in [0.25, 0.3) is 0 Å². The molecule has 0 heterocycles. The van der Waals surface area contributed by atoms with Gasteiger partial charge in [-0.25, -0.2) is 0 Å². The van der Waals surface area contributed by atoms with E-state index in [1.807, 2.05) is 0 Å². The van der Waals surface area contributed by atoms with Crippen LogP contribution in [0.5, 0.6) is 0 Å². The summed E-state index contributed by atoms with van der Waals surface area (Å²) in [5, 5.41) is 3.38. The number of allylic oxidation sites excluding steroid dienone is 2. The Kier molecular flexibility index (Phi) is 5.90. The summed E-state index contributed by atoms with van der Waals surface area (Å²) in [7, 11) is 0. The van der Waals surface area contributed by atoms with Gasteiger partial charge in [-0.1, -0.05) is 51.3 Å². The second-order valence-electron chi connectivity index (χ2n) is 11.8. The minimum Gasteiger partial charge on any atom is -0.325 e. The fraction of sp³-hybridized carbons (Fsp3) is 0.690. The molecule has 2 heteroatoms. The first-order valence-corrected chi connectivity index (χ1v) is 12.7. The van der Waals surface area contributed by atoms with Crippen molar-refractivity contribution in [1.29, 1.82) is 0 Å². The Hall–Kier alpha value is -1.57. The highest BCUT2D eigenvalue weighted by molar-refractivity contribution is 5.96. The molecule has 1 aromatic carbocycles. The molecular formula is C29H43NO. The van der Waals surface area contributed by atoms with Gasteiger partial charge in [0, 0.05) is 5.69 Å². The van der Waals surface area contributed by atoms with E-state index in [4.69, 9.17) is 0 Å². The van der Waals surface area contributed by atoms with Gasteiger partial charge in [-0.05, 0) is 112 Å². The third kappa shape index (κ3) is 3.79. The maximum Gasteiger partial charge on any atom is 0.230 e. The fourth-order valence-corrected chi connectivity index (χ4v) is 7.38. The Morgan fingerprint density at radius 3 is 2.42 bits per heavy atom. The van der Waals surface area contributed by atoms with E-state index < -0.39 is 0 Å². The van der Waals surface area contributed by atoms with Gasteiger partial charge in [0.05, 0.1) is 5.41 Å². The lowest BCUT2D eigenvalue weighted by Crippen LogP contribution is -2.52. The first-order chi connectivity index (χ1) is 14.6. The SMILES string of the molecule is Cc1cc(C)c(NC(=O)[C@]2(C)CCCC3(C)C4=C(CCC32)CC(C(C)C)CC4)cc1C. The molecule has 0 aliphatic heterocycles. The van der Waals surface area contributed by atoms with Crippen LogP contribution in [0.15, 0.2) is 23.3 Å². The molecule has 170 valence electrons. The van der Waals surface area contributed by atoms with Crippen LogP contribution in [0.1, 0.15) is 95.8 Å². The van der Waals surface area contributed by atoms with Crippen molar-refractivity contribution in [3.63, 3.8) is 0 Å². The summed E-state index contributed by atoms with van der Waals surface area (Å²) in [6, 6.07) is 4.35. The average molecular weight is 422 g/mol. The molecule has 4 rings (SSSR count). The quantitative estimate of drug-likeness (QED) is 0.494. The predicted molar refractivity (Wildman–Crippen MR) is 131 cm³/mol. The first kappa shape index (κ1) is 22.6. The van der Waals surface area contributed by atoms with E-state index in [0.29, 0.717) is 5.92 Å². The number of fused-ring (bicyclic) bond motifs is 2. The molecule has 0 aromatic heterocycles. The second kappa shape index (κ2) is 8.09. The third-order valence-corrected chi connectivity index (χ3v) is 9.61. The highest BCUT2D eigenvalue weighted by Crippen LogP contribution is 2.62. The van der Waals surface area contributed by atoms with Crippen molar-refractivity contribution >= 4 is 11.6 Å². The molecule has 0 radical (unpaired) electrons. The van der Waals surface area contributed by atoms with Gasteiger partial charge in [0.15, 0.2) is 0 Å². The minimum atomic E-state index is -0.286. The van der Waals surface area contributed by atoms with E-state index in [0.717, 1.165) is 30.4 Å². The summed E-state index contributed by atoms with van der Waals surface area (Å²) in [5.74, 6) is 2.33. The van der Waals surface area contributed by atoms with Crippen LogP contribution in [0.25, 0.3) is 0 Å². The largest absolute Gasteiger partial charge is 0.325 e. The van der Waals surface area contributed by atoms with Gasteiger partial charge in [-0.3, -0.25) is 4.79 Å². The van der Waals surface area contributed by atoms with Crippen LogP contribution >= 0.6 is 0 Å². The summed E-state index contributed by atoms with van der Waals surface area (Å²) in [6.07, 6.45) is 9.73. The zero-order valence-electron chi connectivity index (χ0n) is 21.0.